The molecule has 0 aliphatic carbocycles. The number of nitrogens with one attached hydrogen (secondary N) is 1. The van der Waals surface area contributed by atoms with Gasteiger partial charge in [-0.25, -0.2) is 4.18 Å². The highest BCUT2D eigenvalue weighted by atomic mass is 32.3. The topological polar surface area (TPSA) is 212 Å². The zero-order valence-electron chi connectivity index (χ0n) is 37.1. The maximum absolute atomic E-state index is 13.1. The number of rotatable bonds is 39. The third-order valence-electron chi connectivity index (χ3n) is 11.0. The summed E-state index contributed by atoms with van der Waals surface area (Å²) in [5, 5.41) is 55.1. The molecule has 1 saturated heterocycles. The van der Waals surface area contributed by atoms with Gasteiger partial charge >= 0.3 is 10.4 Å². The Morgan fingerprint density at radius 2 is 1.12 bits per heavy atom. The van der Waals surface area contributed by atoms with Gasteiger partial charge in [0, 0.05) is 0 Å². The summed E-state index contributed by atoms with van der Waals surface area (Å²) >= 11 is 0. The lowest BCUT2D eigenvalue weighted by atomic mass is 9.99. The average Bonchev–Trinajstić information content (AvgIpc) is 3.22. The molecule has 60 heavy (non-hydrogen) atoms. The lowest BCUT2D eigenvalue weighted by molar-refractivity contribution is -0.298. The Bertz CT molecular complexity index is 1230. The third-order valence-corrected chi connectivity index (χ3v) is 11.5. The zero-order chi connectivity index (χ0) is 44.3. The molecule has 1 rings (SSSR count). The molecule has 0 saturated carbocycles. The van der Waals surface area contributed by atoms with Crippen LogP contribution in [-0.2, 0) is 28.9 Å². The van der Waals surface area contributed by atoms with E-state index in [1.54, 1.807) is 6.08 Å². The molecule has 1 aliphatic rings. The van der Waals surface area contributed by atoms with Gasteiger partial charge in [0.25, 0.3) is 0 Å². The average molecular weight is 876 g/mol. The van der Waals surface area contributed by atoms with Gasteiger partial charge in [0.15, 0.2) is 6.29 Å². The van der Waals surface area contributed by atoms with Crippen molar-refractivity contribution in [3.05, 3.63) is 36.5 Å². The summed E-state index contributed by atoms with van der Waals surface area (Å²) < 4.78 is 47.5. The Labute approximate surface area is 363 Å². The fourth-order valence-corrected chi connectivity index (χ4v) is 7.77. The van der Waals surface area contributed by atoms with Crippen LogP contribution in [-0.4, -0.2) is 107 Å². The summed E-state index contributed by atoms with van der Waals surface area (Å²) in [5.41, 5.74) is 0. The highest BCUT2D eigenvalue weighted by Gasteiger charge is 2.48. The number of carbonyl (C=O) groups is 1. The largest absolute Gasteiger partial charge is 0.397 e. The van der Waals surface area contributed by atoms with Crippen molar-refractivity contribution in [2.75, 3.05) is 13.2 Å². The number of unbranched alkanes of at least 4 members (excludes halogenated alkanes) is 22. The van der Waals surface area contributed by atoms with Gasteiger partial charge in [0.2, 0.25) is 5.91 Å². The van der Waals surface area contributed by atoms with Crippen LogP contribution in [0.1, 0.15) is 187 Å². The first-order valence-corrected chi connectivity index (χ1v) is 24.8. The Hall–Kier alpha value is -1.72. The minimum absolute atomic E-state index is 0.235. The predicted octanol–water partition coefficient (Wildman–Crippen LogP) is 8.08. The monoisotopic (exact) mass is 876 g/mol. The maximum atomic E-state index is 13.1. The van der Waals surface area contributed by atoms with E-state index in [0.717, 1.165) is 44.9 Å². The van der Waals surface area contributed by atoms with Gasteiger partial charge in [-0.15, -0.1) is 0 Å². The second-order valence-corrected chi connectivity index (χ2v) is 17.5. The number of carbonyl (C=O) groups excluding carboxylic acids is 1. The molecule has 8 atom stereocenters. The number of allylic oxidation sites excluding steroid dienone is 5. The molecule has 1 heterocycles. The van der Waals surface area contributed by atoms with Crippen LogP contribution in [0.5, 0.6) is 0 Å². The van der Waals surface area contributed by atoms with Crippen molar-refractivity contribution in [2.24, 2.45) is 0 Å². The molecule has 0 aromatic heterocycles. The number of aliphatic hydroxyl groups excluding tert-OH is 5. The normalized spacial score (nSPS) is 21.6. The van der Waals surface area contributed by atoms with Crippen molar-refractivity contribution >= 4 is 16.3 Å². The quantitative estimate of drug-likeness (QED) is 0.0178. The van der Waals surface area contributed by atoms with E-state index in [9.17, 15) is 43.3 Å². The molecule has 0 spiro atoms. The Morgan fingerprint density at radius 1 is 0.667 bits per heavy atom. The summed E-state index contributed by atoms with van der Waals surface area (Å²) in [5.74, 6) is -0.717. The summed E-state index contributed by atoms with van der Waals surface area (Å²) in [7, 11) is -5.12. The zero-order valence-corrected chi connectivity index (χ0v) is 37.9. The first-order chi connectivity index (χ1) is 28.9. The van der Waals surface area contributed by atoms with E-state index in [-0.39, 0.29) is 6.42 Å². The van der Waals surface area contributed by atoms with Gasteiger partial charge in [0.05, 0.1) is 25.4 Å². The van der Waals surface area contributed by atoms with Crippen LogP contribution >= 0.6 is 0 Å². The second kappa shape index (κ2) is 36.7. The summed E-state index contributed by atoms with van der Waals surface area (Å²) in [6, 6.07) is -1.14. The highest BCUT2D eigenvalue weighted by Crippen LogP contribution is 2.26. The van der Waals surface area contributed by atoms with Crippen molar-refractivity contribution in [1.82, 2.24) is 5.32 Å². The third kappa shape index (κ3) is 28.8. The molecule has 352 valence electrons. The second-order valence-electron chi connectivity index (χ2n) is 16.5. The minimum Gasteiger partial charge on any atom is -0.394 e. The van der Waals surface area contributed by atoms with E-state index in [1.807, 2.05) is 0 Å². The Balaban J connectivity index is 2.62. The van der Waals surface area contributed by atoms with E-state index in [1.165, 1.54) is 115 Å². The molecule has 1 amide bonds. The van der Waals surface area contributed by atoms with E-state index in [2.05, 4.69) is 47.7 Å². The predicted molar refractivity (Wildman–Crippen MR) is 238 cm³/mol. The molecule has 13 nitrogen and oxygen atoms in total. The van der Waals surface area contributed by atoms with Crippen LogP contribution in [0.3, 0.4) is 0 Å². The van der Waals surface area contributed by atoms with Gasteiger partial charge in [-0.1, -0.05) is 179 Å². The Kier molecular flexibility index (Phi) is 34.5. The van der Waals surface area contributed by atoms with Crippen LogP contribution < -0.4 is 5.32 Å². The van der Waals surface area contributed by atoms with Crippen molar-refractivity contribution in [1.29, 1.82) is 0 Å². The van der Waals surface area contributed by atoms with Gasteiger partial charge in [0.1, 0.15) is 30.5 Å². The number of amides is 1. The molecule has 14 heteroatoms. The molecular formula is C46H85NO12S. The molecule has 8 unspecified atom stereocenters. The Morgan fingerprint density at radius 3 is 1.60 bits per heavy atom. The first kappa shape index (κ1) is 56.3. The molecule has 1 fully saturated rings. The number of hydrogen-bond donors (Lipinski definition) is 7. The van der Waals surface area contributed by atoms with Crippen LogP contribution in [0.2, 0.25) is 0 Å². The lowest BCUT2D eigenvalue weighted by Crippen LogP contribution is -2.61. The number of ether oxygens (including phenoxy) is 2. The molecule has 1 aliphatic heterocycles. The summed E-state index contributed by atoms with van der Waals surface area (Å²) in [6.07, 6.45) is 30.9. The standard InChI is InChI=1S/C46H85NO12S/c1-3-5-7-9-11-13-15-17-18-19-20-21-22-23-25-26-28-30-32-34-39(49)38(37-57-46-43(52)44(59-60(54,55)56)42(51)41(36-48)58-46)47-45(53)40(50)35-33-31-29-27-24-16-14-12-10-8-6-4-2/h20-21,25-26,32,34,38-44,46,48-52H,3-19,22-24,27-31,33,35-37H2,1-2H3,(H,47,53)(H,54,55,56)/b21-20+,26-25+,34-32+. The van der Waals surface area contributed by atoms with Gasteiger partial charge < -0.3 is 40.3 Å². The molecule has 0 aromatic carbocycles. The lowest BCUT2D eigenvalue weighted by Gasteiger charge is -2.41. The first-order valence-electron chi connectivity index (χ1n) is 23.5. The van der Waals surface area contributed by atoms with Crippen molar-refractivity contribution in [3.63, 3.8) is 0 Å². The highest BCUT2D eigenvalue weighted by molar-refractivity contribution is 7.80. The van der Waals surface area contributed by atoms with E-state index < -0.39 is 78.5 Å². The van der Waals surface area contributed by atoms with Crippen LogP contribution in [0.25, 0.3) is 0 Å². The molecular weight excluding hydrogens is 791 g/mol. The summed E-state index contributed by atoms with van der Waals surface area (Å²) in [4.78, 5) is 13.1. The SMILES string of the molecule is CCCCCCCCCCC/C=C/CC/C=C/CC/C=C/C(O)C(COC1OC(CO)C(O)C(OS(=O)(=O)O)C1O)NC(=O)C(O)CCCCCCCCCCCCCC. The summed E-state index contributed by atoms with van der Waals surface area (Å²) in [6.45, 7) is 3.18. The van der Waals surface area contributed by atoms with Crippen molar-refractivity contribution < 1.29 is 57.0 Å². The molecule has 0 aromatic rings. The molecule has 7 N–H and O–H groups in total. The van der Waals surface area contributed by atoms with Crippen LogP contribution in [0.15, 0.2) is 36.5 Å². The van der Waals surface area contributed by atoms with Crippen molar-refractivity contribution in [3.8, 4) is 0 Å². The van der Waals surface area contributed by atoms with Gasteiger partial charge in [-0.2, -0.15) is 8.42 Å². The fourth-order valence-electron chi connectivity index (χ4n) is 7.26. The minimum atomic E-state index is -5.12. The maximum Gasteiger partial charge on any atom is 0.397 e. The van der Waals surface area contributed by atoms with E-state index >= 15 is 0 Å². The molecule has 0 radical (unpaired) electrons. The van der Waals surface area contributed by atoms with Crippen LogP contribution in [0, 0.1) is 0 Å². The molecule has 0 bridgehead atoms. The smallest absolute Gasteiger partial charge is 0.394 e. The van der Waals surface area contributed by atoms with Crippen LogP contribution in [0.4, 0.5) is 0 Å². The van der Waals surface area contributed by atoms with E-state index in [0.29, 0.717) is 12.8 Å². The van der Waals surface area contributed by atoms with Gasteiger partial charge in [-0.05, 0) is 44.9 Å². The number of hydrogen-bond acceptors (Lipinski definition) is 11. The van der Waals surface area contributed by atoms with Gasteiger partial charge in [-0.3, -0.25) is 9.35 Å². The number of aliphatic hydroxyl groups is 5. The van der Waals surface area contributed by atoms with Crippen molar-refractivity contribution in [2.45, 2.75) is 236 Å². The van der Waals surface area contributed by atoms with E-state index in [4.69, 9.17) is 9.47 Å². The fraction of sp³-hybridized carbons (Fsp3) is 0.848.